The van der Waals surface area contributed by atoms with E-state index in [0.29, 0.717) is 60.1 Å². The van der Waals surface area contributed by atoms with Crippen molar-refractivity contribution in [2.24, 2.45) is 0 Å². The minimum absolute atomic E-state index is 0.181. The molecule has 3 aromatic rings. The second-order valence-electron chi connectivity index (χ2n) is 9.61. The van der Waals surface area contributed by atoms with Crippen molar-refractivity contribution in [2.75, 3.05) is 49.7 Å². The van der Waals surface area contributed by atoms with Crippen LogP contribution < -0.4 is 19.7 Å². The Labute approximate surface area is 261 Å². The minimum Gasteiger partial charge on any atom is -0.490 e. The predicted octanol–water partition coefficient (Wildman–Crippen LogP) is 6.08. The first kappa shape index (κ1) is 30.6. The zero-order chi connectivity index (χ0) is 30.3. The second kappa shape index (κ2) is 14.1. The van der Waals surface area contributed by atoms with E-state index in [1.54, 1.807) is 36.4 Å². The molecule has 9 nitrogen and oxygen atoms in total. The number of morpholine rings is 1. The third-order valence-corrected chi connectivity index (χ3v) is 8.13. The number of imide groups is 1. The highest BCUT2D eigenvalue weighted by molar-refractivity contribution is 9.10. The summed E-state index contributed by atoms with van der Waals surface area (Å²) in [6, 6.07) is 16.9. The topological polar surface area (TPSA) is 97.4 Å². The SMILES string of the molecule is CCOc1cc(/C=C2\SC(=O)N(CC(=O)Nc3ccccc3N3CCOCC3)C2=O)cc(Br)c1OCc1ccc(F)cc1. The number of carbonyl (C=O) groups excluding carboxylic acids is 3. The van der Waals surface area contributed by atoms with Gasteiger partial charge in [0.25, 0.3) is 11.1 Å². The average molecular weight is 671 g/mol. The number of carbonyl (C=O) groups is 3. The summed E-state index contributed by atoms with van der Waals surface area (Å²) in [4.78, 5) is 42.1. The van der Waals surface area contributed by atoms with Crippen LogP contribution in [0.4, 0.5) is 20.6 Å². The fraction of sp³-hybridized carbons (Fsp3) is 0.258. The summed E-state index contributed by atoms with van der Waals surface area (Å²) < 4.78 is 31.0. The number of rotatable bonds is 10. The van der Waals surface area contributed by atoms with E-state index < -0.39 is 23.6 Å². The summed E-state index contributed by atoms with van der Waals surface area (Å²) >= 11 is 4.28. The van der Waals surface area contributed by atoms with Crippen LogP contribution in [0, 0.1) is 5.82 Å². The van der Waals surface area contributed by atoms with E-state index in [2.05, 4.69) is 26.1 Å². The molecular weight excluding hydrogens is 641 g/mol. The maximum Gasteiger partial charge on any atom is 0.294 e. The number of hydrogen-bond donors (Lipinski definition) is 1. The molecule has 0 unspecified atom stereocenters. The summed E-state index contributed by atoms with van der Waals surface area (Å²) in [5.41, 5.74) is 2.84. The molecule has 2 saturated heterocycles. The van der Waals surface area contributed by atoms with Crippen LogP contribution in [0.1, 0.15) is 18.1 Å². The average Bonchev–Trinajstić information content (AvgIpc) is 3.25. The van der Waals surface area contributed by atoms with Crippen LogP contribution in [0.3, 0.4) is 0 Å². The highest BCUT2D eigenvalue weighted by Crippen LogP contribution is 2.40. The Kier molecular flexibility index (Phi) is 10.0. The number of para-hydroxylation sites is 2. The molecule has 5 rings (SSSR count). The fourth-order valence-electron chi connectivity index (χ4n) is 4.59. The molecule has 0 atom stereocenters. The molecule has 2 heterocycles. The molecule has 1 N–H and O–H groups in total. The number of nitrogens with one attached hydrogen (secondary N) is 1. The molecule has 224 valence electrons. The van der Waals surface area contributed by atoms with Crippen molar-refractivity contribution in [1.82, 2.24) is 4.90 Å². The molecule has 0 bridgehead atoms. The van der Waals surface area contributed by atoms with Gasteiger partial charge in [0.2, 0.25) is 5.91 Å². The van der Waals surface area contributed by atoms with E-state index in [1.807, 2.05) is 25.1 Å². The van der Waals surface area contributed by atoms with E-state index in [-0.39, 0.29) is 17.3 Å². The first-order valence-electron chi connectivity index (χ1n) is 13.6. The van der Waals surface area contributed by atoms with Crippen LogP contribution in [0.5, 0.6) is 11.5 Å². The smallest absolute Gasteiger partial charge is 0.294 e. The summed E-state index contributed by atoms with van der Waals surface area (Å²) in [7, 11) is 0. The first-order valence-corrected chi connectivity index (χ1v) is 15.2. The number of thioether (sulfide) groups is 1. The second-order valence-corrected chi connectivity index (χ2v) is 11.5. The maximum atomic E-state index is 13.2. The lowest BCUT2D eigenvalue weighted by molar-refractivity contribution is -0.127. The summed E-state index contributed by atoms with van der Waals surface area (Å²) in [6.07, 6.45) is 1.58. The summed E-state index contributed by atoms with van der Waals surface area (Å²) in [6.45, 7) is 4.56. The van der Waals surface area contributed by atoms with Crippen molar-refractivity contribution in [1.29, 1.82) is 0 Å². The van der Waals surface area contributed by atoms with Gasteiger partial charge >= 0.3 is 0 Å². The highest BCUT2D eigenvalue weighted by atomic mass is 79.9. The Balaban J connectivity index is 1.28. The van der Waals surface area contributed by atoms with Crippen molar-refractivity contribution in [3.8, 4) is 11.5 Å². The number of hydrogen-bond acceptors (Lipinski definition) is 8. The number of anilines is 2. The third kappa shape index (κ3) is 7.56. The number of ether oxygens (including phenoxy) is 3. The number of amides is 3. The quantitative estimate of drug-likeness (QED) is 0.260. The van der Waals surface area contributed by atoms with Gasteiger partial charge in [-0.25, -0.2) is 4.39 Å². The van der Waals surface area contributed by atoms with E-state index in [0.717, 1.165) is 27.9 Å². The van der Waals surface area contributed by atoms with Gasteiger partial charge in [0.1, 0.15) is 19.0 Å². The predicted molar refractivity (Wildman–Crippen MR) is 167 cm³/mol. The van der Waals surface area contributed by atoms with E-state index in [1.165, 1.54) is 12.1 Å². The normalized spacial score (nSPS) is 16.1. The maximum absolute atomic E-state index is 13.2. The van der Waals surface area contributed by atoms with Crippen molar-refractivity contribution >= 4 is 62.2 Å². The molecule has 0 spiro atoms. The molecule has 0 radical (unpaired) electrons. The molecule has 2 aliphatic rings. The molecule has 3 amide bonds. The van der Waals surface area contributed by atoms with Gasteiger partial charge in [-0.1, -0.05) is 24.3 Å². The summed E-state index contributed by atoms with van der Waals surface area (Å²) in [5.74, 6) is -0.484. The Morgan fingerprint density at radius 3 is 2.58 bits per heavy atom. The lowest BCUT2D eigenvalue weighted by Crippen LogP contribution is -2.38. The van der Waals surface area contributed by atoms with E-state index in [4.69, 9.17) is 14.2 Å². The first-order chi connectivity index (χ1) is 20.8. The molecule has 2 aliphatic heterocycles. The number of benzene rings is 3. The van der Waals surface area contributed by atoms with Crippen LogP contribution in [0.2, 0.25) is 0 Å². The molecule has 3 aromatic carbocycles. The summed E-state index contributed by atoms with van der Waals surface area (Å²) in [5, 5.41) is 2.32. The Morgan fingerprint density at radius 2 is 1.84 bits per heavy atom. The zero-order valence-corrected chi connectivity index (χ0v) is 25.7. The molecular formula is C31H29BrFN3O6S. The Morgan fingerprint density at radius 1 is 1.09 bits per heavy atom. The Hall–Kier alpha value is -3.87. The van der Waals surface area contributed by atoms with Crippen molar-refractivity contribution in [3.63, 3.8) is 0 Å². The van der Waals surface area contributed by atoms with Gasteiger partial charge in [-0.05, 0) is 88.2 Å². The lowest BCUT2D eigenvalue weighted by atomic mass is 10.1. The van der Waals surface area contributed by atoms with E-state index in [9.17, 15) is 18.8 Å². The molecule has 43 heavy (non-hydrogen) atoms. The van der Waals surface area contributed by atoms with Crippen LogP contribution in [0.25, 0.3) is 6.08 Å². The van der Waals surface area contributed by atoms with Crippen molar-refractivity contribution < 1.29 is 33.0 Å². The standard InChI is InChI=1S/C31H29BrFN3O6S/c1-2-41-26-16-21(15-23(32)29(26)42-19-20-7-9-22(33)10-8-20)17-27-30(38)36(31(39)43-27)18-28(37)34-24-5-3-4-6-25(24)35-11-13-40-14-12-35/h3-10,15-17H,2,11-14,18-19H2,1H3,(H,34,37)/b27-17-. The fourth-order valence-corrected chi connectivity index (χ4v) is 6.00. The Bertz CT molecular complexity index is 1540. The number of halogens is 2. The van der Waals surface area contributed by atoms with Gasteiger partial charge in [0.05, 0.1) is 40.6 Å². The third-order valence-electron chi connectivity index (χ3n) is 6.63. The molecule has 2 fully saturated rings. The van der Waals surface area contributed by atoms with E-state index >= 15 is 0 Å². The van der Waals surface area contributed by atoms with Crippen molar-refractivity contribution in [3.05, 3.63) is 87.0 Å². The molecule has 0 aromatic heterocycles. The van der Waals surface area contributed by atoms with Gasteiger partial charge in [-0.2, -0.15) is 0 Å². The minimum atomic E-state index is -0.558. The van der Waals surface area contributed by atoms with Crippen molar-refractivity contribution in [2.45, 2.75) is 13.5 Å². The van der Waals surface area contributed by atoms with Gasteiger partial charge in [0, 0.05) is 13.1 Å². The van der Waals surface area contributed by atoms with Gasteiger partial charge in [-0.15, -0.1) is 0 Å². The van der Waals surface area contributed by atoms with Crippen LogP contribution >= 0.6 is 27.7 Å². The van der Waals surface area contributed by atoms with Crippen LogP contribution in [-0.2, 0) is 20.9 Å². The van der Waals surface area contributed by atoms with Crippen LogP contribution in [-0.4, -0.2) is 61.4 Å². The lowest BCUT2D eigenvalue weighted by Gasteiger charge is -2.30. The molecule has 12 heteroatoms. The van der Waals surface area contributed by atoms with Gasteiger partial charge in [-0.3, -0.25) is 19.3 Å². The largest absolute Gasteiger partial charge is 0.490 e. The zero-order valence-electron chi connectivity index (χ0n) is 23.3. The monoisotopic (exact) mass is 669 g/mol. The van der Waals surface area contributed by atoms with Gasteiger partial charge in [0.15, 0.2) is 11.5 Å². The molecule has 0 aliphatic carbocycles. The van der Waals surface area contributed by atoms with Crippen LogP contribution in [0.15, 0.2) is 70.0 Å². The molecule has 0 saturated carbocycles. The van der Waals surface area contributed by atoms with Gasteiger partial charge < -0.3 is 24.4 Å². The highest BCUT2D eigenvalue weighted by Gasteiger charge is 2.36. The number of nitrogens with zero attached hydrogens (tertiary/aromatic N) is 2.